The van der Waals surface area contributed by atoms with Crippen molar-refractivity contribution in [3.05, 3.63) is 0 Å². The van der Waals surface area contributed by atoms with E-state index >= 15 is 0 Å². The number of aliphatic hydroxyl groups is 1. The molecule has 46 valence electrons. The van der Waals surface area contributed by atoms with E-state index in [2.05, 4.69) is 11.8 Å². The molecule has 0 saturated heterocycles. The molecule has 8 heavy (non-hydrogen) atoms. The zero-order valence-electron chi connectivity index (χ0n) is 5.44. The monoisotopic (exact) mass is 112 g/mol. The summed E-state index contributed by atoms with van der Waals surface area (Å²) in [5.41, 5.74) is 0. The van der Waals surface area contributed by atoms with E-state index in [1.165, 1.54) is 0 Å². The maximum Gasteiger partial charge on any atom is 0.0521 e. The second kappa shape index (κ2) is 4.67. The Morgan fingerprint density at radius 2 is 2.25 bits per heavy atom. The first-order valence-corrected chi connectivity index (χ1v) is 2.85. The van der Waals surface area contributed by atoms with Crippen LogP contribution in [0.15, 0.2) is 0 Å². The van der Waals surface area contributed by atoms with Gasteiger partial charge in [-0.3, -0.25) is 0 Å². The second-order valence-electron chi connectivity index (χ2n) is 1.81. The fraction of sp³-hybridized carbons (Fsp3) is 0.714. The molecule has 1 atom stereocenters. The van der Waals surface area contributed by atoms with E-state index in [0.717, 1.165) is 12.8 Å². The van der Waals surface area contributed by atoms with E-state index in [1.807, 2.05) is 6.92 Å². The molecule has 0 aromatic carbocycles. The highest BCUT2D eigenvalue weighted by molar-refractivity contribution is 4.94. The van der Waals surface area contributed by atoms with E-state index in [4.69, 9.17) is 5.11 Å². The first-order valence-electron chi connectivity index (χ1n) is 2.85. The number of aliphatic hydroxyl groups excluding tert-OH is 1. The number of rotatable bonds is 2. The molecule has 0 rings (SSSR count). The zero-order chi connectivity index (χ0) is 6.41. The molecular formula is C7H12O. The Morgan fingerprint density at radius 1 is 1.62 bits per heavy atom. The van der Waals surface area contributed by atoms with E-state index in [9.17, 15) is 0 Å². The lowest BCUT2D eigenvalue weighted by Gasteiger charge is -1.95. The van der Waals surface area contributed by atoms with Gasteiger partial charge in [0.15, 0.2) is 0 Å². The van der Waals surface area contributed by atoms with Crippen LogP contribution in [0.1, 0.15) is 26.7 Å². The maximum absolute atomic E-state index is 8.71. The van der Waals surface area contributed by atoms with E-state index in [1.54, 1.807) is 6.92 Å². The van der Waals surface area contributed by atoms with Crippen LogP contribution >= 0.6 is 0 Å². The first-order chi connectivity index (χ1) is 3.77. The van der Waals surface area contributed by atoms with Crippen LogP contribution in [0.5, 0.6) is 0 Å². The summed E-state index contributed by atoms with van der Waals surface area (Å²) < 4.78 is 0. The summed E-state index contributed by atoms with van der Waals surface area (Å²) in [4.78, 5) is 0. The Bertz CT molecular complexity index is 94.7. The van der Waals surface area contributed by atoms with Gasteiger partial charge in [0.1, 0.15) is 0 Å². The highest BCUT2D eigenvalue weighted by atomic mass is 16.3. The number of hydrogen-bond donors (Lipinski definition) is 1. The summed E-state index contributed by atoms with van der Waals surface area (Å²) in [5.74, 6) is 5.63. The van der Waals surface area contributed by atoms with Gasteiger partial charge in [-0.15, -0.1) is 11.8 Å². The number of hydrogen-bond acceptors (Lipinski definition) is 1. The van der Waals surface area contributed by atoms with Crippen molar-refractivity contribution in [1.82, 2.24) is 0 Å². The van der Waals surface area contributed by atoms with Gasteiger partial charge in [-0.05, 0) is 20.3 Å². The summed E-state index contributed by atoms with van der Waals surface area (Å²) in [6.45, 7) is 3.58. The lowest BCUT2D eigenvalue weighted by atomic mass is 10.2. The van der Waals surface area contributed by atoms with Crippen LogP contribution in [0, 0.1) is 11.8 Å². The van der Waals surface area contributed by atoms with Gasteiger partial charge in [0, 0.05) is 6.42 Å². The van der Waals surface area contributed by atoms with Crippen molar-refractivity contribution in [2.75, 3.05) is 0 Å². The minimum atomic E-state index is -0.198. The predicted molar refractivity (Wildman–Crippen MR) is 34.4 cm³/mol. The van der Waals surface area contributed by atoms with Gasteiger partial charge in [0.25, 0.3) is 0 Å². The van der Waals surface area contributed by atoms with Crippen molar-refractivity contribution in [3.8, 4) is 11.8 Å². The molecule has 0 aliphatic carbocycles. The Hall–Kier alpha value is -0.480. The summed E-state index contributed by atoms with van der Waals surface area (Å²) in [6, 6.07) is 0. The summed E-state index contributed by atoms with van der Waals surface area (Å²) >= 11 is 0. The molecule has 0 aromatic heterocycles. The lowest BCUT2D eigenvalue weighted by molar-refractivity contribution is 0.186. The topological polar surface area (TPSA) is 20.2 Å². The molecule has 1 N–H and O–H groups in total. The van der Waals surface area contributed by atoms with Crippen molar-refractivity contribution in [1.29, 1.82) is 0 Å². The van der Waals surface area contributed by atoms with Gasteiger partial charge in [-0.25, -0.2) is 0 Å². The van der Waals surface area contributed by atoms with Crippen LogP contribution in [0.4, 0.5) is 0 Å². The zero-order valence-corrected chi connectivity index (χ0v) is 5.44. The average Bonchev–Trinajstić information content (AvgIpc) is 1.66. The molecule has 0 fully saturated rings. The maximum atomic E-state index is 8.71. The molecule has 0 saturated carbocycles. The minimum absolute atomic E-state index is 0.198. The van der Waals surface area contributed by atoms with Crippen molar-refractivity contribution < 1.29 is 5.11 Å². The van der Waals surface area contributed by atoms with Crippen LogP contribution in [0.3, 0.4) is 0 Å². The van der Waals surface area contributed by atoms with Gasteiger partial charge in [-0.2, -0.15) is 0 Å². The fourth-order valence-corrected chi connectivity index (χ4v) is 0.406. The minimum Gasteiger partial charge on any atom is -0.393 e. The summed E-state index contributed by atoms with van der Waals surface area (Å²) in [5, 5.41) is 8.71. The molecule has 1 nitrogen and oxygen atoms in total. The molecule has 0 unspecified atom stereocenters. The van der Waals surface area contributed by atoms with E-state index < -0.39 is 0 Å². The quantitative estimate of drug-likeness (QED) is 0.532. The highest BCUT2D eigenvalue weighted by Crippen LogP contribution is 1.92. The van der Waals surface area contributed by atoms with Gasteiger partial charge in [-0.1, -0.05) is 0 Å². The molecule has 0 heterocycles. The third kappa shape index (κ3) is 5.52. The van der Waals surface area contributed by atoms with Crippen molar-refractivity contribution in [3.63, 3.8) is 0 Å². The highest BCUT2D eigenvalue weighted by Gasteiger charge is 1.89. The van der Waals surface area contributed by atoms with Crippen LogP contribution in [-0.4, -0.2) is 11.2 Å². The Morgan fingerprint density at radius 3 is 2.62 bits per heavy atom. The standard InChI is InChI=1S/C7H12O/c1-3-4-5-6-7(2)8/h7-8H,5-6H2,1-2H3/t7-/m0/s1. The van der Waals surface area contributed by atoms with Crippen LogP contribution < -0.4 is 0 Å². The van der Waals surface area contributed by atoms with Gasteiger partial charge in [0.05, 0.1) is 6.10 Å². The molecule has 0 amide bonds. The van der Waals surface area contributed by atoms with E-state index in [-0.39, 0.29) is 6.10 Å². The molecule has 0 aromatic rings. The SMILES string of the molecule is CC#CCC[C@H](C)O. The Balaban J connectivity index is 3.01. The largest absolute Gasteiger partial charge is 0.393 e. The molecule has 0 spiro atoms. The van der Waals surface area contributed by atoms with E-state index in [0.29, 0.717) is 0 Å². The van der Waals surface area contributed by atoms with Crippen molar-refractivity contribution >= 4 is 0 Å². The van der Waals surface area contributed by atoms with Crippen LogP contribution in [0.2, 0.25) is 0 Å². The predicted octanol–water partition coefficient (Wildman–Crippen LogP) is 1.17. The molecular weight excluding hydrogens is 100 g/mol. The average molecular weight is 112 g/mol. The third-order valence-corrected chi connectivity index (χ3v) is 0.864. The Kier molecular flexibility index (Phi) is 4.39. The van der Waals surface area contributed by atoms with Crippen LogP contribution in [0.25, 0.3) is 0 Å². The molecule has 1 heteroatoms. The Labute approximate surface area is 50.7 Å². The molecule has 0 radical (unpaired) electrons. The summed E-state index contributed by atoms with van der Waals surface area (Å²) in [7, 11) is 0. The molecule has 0 aliphatic heterocycles. The summed E-state index contributed by atoms with van der Waals surface area (Å²) in [6.07, 6.45) is 1.41. The first kappa shape index (κ1) is 7.52. The fourth-order valence-electron chi connectivity index (χ4n) is 0.406. The van der Waals surface area contributed by atoms with Gasteiger partial charge in [0.2, 0.25) is 0 Å². The lowest BCUT2D eigenvalue weighted by Crippen LogP contribution is -1.96. The van der Waals surface area contributed by atoms with Crippen molar-refractivity contribution in [2.24, 2.45) is 0 Å². The van der Waals surface area contributed by atoms with Gasteiger partial charge < -0.3 is 5.11 Å². The van der Waals surface area contributed by atoms with Crippen molar-refractivity contribution in [2.45, 2.75) is 32.8 Å². The normalized spacial score (nSPS) is 11.9. The van der Waals surface area contributed by atoms with Gasteiger partial charge >= 0.3 is 0 Å². The smallest absolute Gasteiger partial charge is 0.0521 e. The molecule has 0 bridgehead atoms. The van der Waals surface area contributed by atoms with Crippen LogP contribution in [-0.2, 0) is 0 Å². The molecule has 0 aliphatic rings. The second-order valence-corrected chi connectivity index (χ2v) is 1.81. The third-order valence-electron chi connectivity index (χ3n) is 0.864.